The maximum absolute atomic E-state index is 12.9. The van der Waals surface area contributed by atoms with Crippen LogP contribution in [0, 0.1) is 5.41 Å². The van der Waals surface area contributed by atoms with E-state index in [1.54, 1.807) is 48.5 Å². The molecule has 1 amide bonds. The molecule has 2 aromatic rings. The van der Waals surface area contributed by atoms with E-state index >= 15 is 0 Å². The van der Waals surface area contributed by atoms with Crippen LogP contribution >= 0.6 is 0 Å². The summed E-state index contributed by atoms with van der Waals surface area (Å²) in [5, 5.41) is 0. The Morgan fingerprint density at radius 2 is 1.64 bits per heavy atom. The molecular formula is C20H24N2O3. The number of anilines is 1. The smallest absolute Gasteiger partial charge is 0.338 e. The van der Waals surface area contributed by atoms with Crippen molar-refractivity contribution in [1.82, 2.24) is 4.98 Å². The number of hydrogen-bond acceptors (Lipinski definition) is 4. The first-order chi connectivity index (χ1) is 11.8. The molecule has 0 bridgehead atoms. The standard InChI is InChI=1S/C20H24N2O3/c1-5-25-18(23)16-6-8-17(9-7-16)22(19(24)20(2,3)4)14-15-10-12-21-13-11-15/h6-13H,5,14H2,1-4H3. The van der Waals surface area contributed by atoms with Crippen molar-refractivity contribution in [2.75, 3.05) is 11.5 Å². The van der Waals surface area contributed by atoms with E-state index in [-0.39, 0.29) is 11.9 Å². The minimum atomic E-state index is -0.521. The molecule has 0 saturated carbocycles. The molecule has 0 aliphatic rings. The van der Waals surface area contributed by atoms with Crippen molar-refractivity contribution in [2.24, 2.45) is 5.41 Å². The first kappa shape index (κ1) is 18.6. The predicted molar refractivity (Wildman–Crippen MR) is 97.3 cm³/mol. The van der Waals surface area contributed by atoms with Crippen molar-refractivity contribution in [3.05, 3.63) is 59.9 Å². The number of pyridine rings is 1. The Kier molecular flexibility index (Phi) is 5.91. The number of hydrogen-bond donors (Lipinski definition) is 0. The van der Waals surface area contributed by atoms with Crippen LogP contribution < -0.4 is 4.90 Å². The summed E-state index contributed by atoms with van der Waals surface area (Å²) in [6.45, 7) is 8.21. The van der Waals surface area contributed by atoms with Gasteiger partial charge in [-0.3, -0.25) is 9.78 Å². The van der Waals surface area contributed by atoms with Gasteiger partial charge in [-0.05, 0) is 48.9 Å². The maximum Gasteiger partial charge on any atom is 0.338 e. The minimum Gasteiger partial charge on any atom is -0.462 e. The molecule has 25 heavy (non-hydrogen) atoms. The number of carbonyl (C=O) groups is 2. The van der Waals surface area contributed by atoms with Crippen LogP contribution in [-0.4, -0.2) is 23.5 Å². The molecular weight excluding hydrogens is 316 g/mol. The highest BCUT2D eigenvalue weighted by Gasteiger charge is 2.28. The lowest BCUT2D eigenvalue weighted by molar-refractivity contribution is -0.125. The number of rotatable bonds is 5. The first-order valence-corrected chi connectivity index (χ1v) is 8.31. The zero-order valence-corrected chi connectivity index (χ0v) is 15.2. The molecule has 0 aliphatic heterocycles. The second-order valence-corrected chi connectivity index (χ2v) is 6.76. The average molecular weight is 340 g/mol. The maximum atomic E-state index is 12.9. The van der Waals surface area contributed by atoms with Gasteiger partial charge in [0.25, 0.3) is 0 Å². The Balaban J connectivity index is 2.31. The second-order valence-electron chi connectivity index (χ2n) is 6.76. The zero-order chi connectivity index (χ0) is 18.4. The predicted octanol–water partition coefficient (Wildman–Crippen LogP) is 3.84. The minimum absolute atomic E-state index is 0.00759. The van der Waals surface area contributed by atoms with E-state index in [1.807, 2.05) is 32.9 Å². The number of esters is 1. The third kappa shape index (κ3) is 4.89. The van der Waals surface area contributed by atoms with E-state index in [0.29, 0.717) is 18.7 Å². The fraction of sp³-hybridized carbons (Fsp3) is 0.350. The molecule has 0 atom stereocenters. The summed E-state index contributed by atoms with van der Waals surface area (Å²) < 4.78 is 5.00. The molecule has 0 N–H and O–H groups in total. The molecule has 0 radical (unpaired) electrons. The topological polar surface area (TPSA) is 59.5 Å². The Morgan fingerprint density at radius 1 is 1.04 bits per heavy atom. The third-order valence-electron chi connectivity index (χ3n) is 3.67. The second kappa shape index (κ2) is 7.92. The number of carbonyl (C=O) groups excluding carboxylic acids is 2. The summed E-state index contributed by atoms with van der Waals surface area (Å²) >= 11 is 0. The molecule has 132 valence electrons. The van der Waals surface area contributed by atoms with Gasteiger partial charge in [0.05, 0.1) is 18.7 Å². The lowest BCUT2D eigenvalue weighted by atomic mass is 9.94. The Hall–Kier alpha value is -2.69. The van der Waals surface area contributed by atoms with Crippen LogP contribution in [0.15, 0.2) is 48.8 Å². The van der Waals surface area contributed by atoms with Gasteiger partial charge in [-0.25, -0.2) is 4.79 Å². The molecule has 1 heterocycles. The lowest BCUT2D eigenvalue weighted by Gasteiger charge is -2.30. The summed E-state index contributed by atoms with van der Waals surface area (Å²) in [5.74, 6) is -0.356. The van der Waals surface area contributed by atoms with E-state index < -0.39 is 5.41 Å². The molecule has 0 aliphatic carbocycles. The lowest BCUT2D eigenvalue weighted by Crippen LogP contribution is -2.39. The van der Waals surface area contributed by atoms with Crippen molar-refractivity contribution in [3.8, 4) is 0 Å². The number of nitrogens with zero attached hydrogens (tertiary/aromatic N) is 2. The SMILES string of the molecule is CCOC(=O)c1ccc(N(Cc2ccncc2)C(=O)C(C)(C)C)cc1. The van der Waals surface area contributed by atoms with Crippen LogP contribution in [0.2, 0.25) is 0 Å². The Morgan fingerprint density at radius 3 is 2.16 bits per heavy atom. The normalized spacial score (nSPS) is 11.0. The highest BCUT2D eigenvalue weighted by molar-refractivity contribution is 5.97. The van der Waals surface area contributed by atoms with E-state index in [1.165, 1.54) is 0 Å². The molecule has 5 heteroatoms. The van der Waals surface area contributed by atoms with Crippen LogP contribution in [-0.2, 0) is 16.1 Å². The summed E-state index contributed by atoms with van der Waals surface area (Å²) in [6, 6.07) is 10.7. The molecule has 0 saturated heterocycles. The van der Waals surface area contributed by atoms with Gasteiger partial charge in [0.2, 0.25) is 5.91 Å². The van der Waals surface area contributed by atoms with Crippen molar-refractivity contribution in [2.45, 2.75) is 34.2 Å². The van der Waals surface area contributed by atoms with E-state index in [2.05, 4.69) is 4.98 Å². The average Bonchev–Trinajstić information content (AvgIpc) is 2.59. The number of aromatic nitrogens is 1. The first-order valence-electron chi connectivity index (χ1n) is 8.31. The summed E-state index contributed by atoms with van der Waals surface area (Å²) in [4.78, 5) is 30.4. The highest BCUT2D eigenvalue weighted by atomic mass is 16.5. The van der Waals surface area contributed by atoms with Crippen LogP contribution in [0.1, 0.15) is 43.6 Å². The van der Waals surface area contributed by atoms with E-state index in [0.717, 1.165) is 11.3 Å². The van der Waals surface area contributed by atoms with Gasteiger partial charge in [0.15, 0.2) is 0 Å². The van der Waals surface area contributed by atoms with E-state index in [9.17, 15) is 9.59 Å². The molecule has 2 rings (SSSR count). The number of amides is 1. The fourth-order valence-electron chi connectivity index (χ4n) is 2.35. The number of benzene rings is 1. The van der Waals surface area contributed by atoms with Crippen molar-refractivity contribution in [1.29, 1.82) is 0 Å². The van der Waals surface area contributed by atoms with Crippen molar-refractivity contribution < 1.29 is 14.3 Å². The third-order valence-corrected chi connectivity index (χ3v) is 3.67. The molecule has 5 nitrogen and oxygen atoms in total. The molecule has 0 unspecified atom stereocenters. The van der Waals surface area contributed by atoms with Crippen LogP contribution in [0.3, 0.4) is 0 Å². The van der Waals surface area contributed by atoms with Crippen LogP contribution in [0.5, 0.6) is 0 Å². The monoisotopic (exact) mass is 340 g/mol. The van der Waals surface area contributed by atoms with E-state index in [4.69, 9.17) is 4.74 Å². The summed E-state index contributed by atoms with van der Waals surface area (Å²) in [7, 11) is 0. The zero-order valence-electron chi connectivity index (χ0n) is 15.2. The van der Waals surface area contributed by atoms with Crippen LogP contribution in [0.4, 0.5) is 5.69 Å². The molecule has 0 spiro atoms. The van der Waals surface area contributed by atoms with Gasteiger partial charge in [0.1, 0.15) is 0 Å². The van der Waals surface area contributed by atoms with Crippen molar-refractivity contribution >= 4 is 17.6 Å². The quantitative estimate of drug-likeness (QED) is 0.776. The van der Waals surface area contributed by atoms with Crippen molar-refractivity contribution in [3.63, 3.8) is 0 Å². The number of ether oxygens (including phenoxy) is 1. The summed E-state index contributed by atoms with van der Waals surface area (Å²) in [5.41, 5.74) is 1.68. The van der Waals surface area contributed by atoms with Gasteiger partial charge in [-0.15, -0.1) is 0 Å². The van der Waals surface area contributed by atoms with Crippen LogP contribution in [0.25, 0.3) is 0 Å². The Labute approximate surface area is 148 Å². The molecule has 1 aromatic carbocycles. The van der Waals surface area contributed by atoms with Gasteiger partial charge < -0.3 is 9.64 Å². The molecule has 0 fully saturated rings. The van der Waals surface area contributed by atoms with Gasteiger partial charge in [-0.2, -0.15) is 0 Å². The van der Waals surface area contributed by atoms with Gasteiger partial charge >= 0.3 is 5.97 Å². The Bertz CT molecular complexity index is 719. The highest BCUT2D eigenvalue weighted by Crippen LogP contribution is 2.25. The molecule has 1 aromatic heterocycles. The fourth-order valence-corrected chi connectivity index (χ4v) is 2.35. The largest absolute Gasteiger partial charge is 0.462 e. The van der Waals surface area contributed by atoms with Gasteiger partial charge in [-0.1, -0.05) is 20.8 Å². The summed E-state index contributed by atoms with van der Waals surface area (Å²) in [6.07, 6.45) is 3.41. The van der Waals surface area contributed by atoms with Gasteiger partial charge in [0, 0.05) is 23.5 Å².